The molecule has 2 aromatic rings. The molecule has 0 unspecified atom stereocenters. The fourth-order valence-corrected chi connectivity index (χ4v) is 4.10. The van der Waals surface area contributed by atoms with Gasteiger partial charge in [0.25, 0.3) is 0 Å². The smallest absolute Gasteiger partial charge is 0.353 e. The van der Waals surface area contributed by atoms with Crippen LogP contribution in [0.5, 0.6) is 0 Å². The van der Waals surface area contributed by atoms with Crippen molar-refractivity contribution in [1.29, 1.82) is 0 Å². The second-order valence-corrected chi connectivity index (χ2v) is 7.53. The zero-order chi connectivity index (χ0) is 19.3. The van der Waals surface area contributed by atoms with E-state index in [9.17, 15) is 10.1 Å². The van der Waals surface area contributed by atoms with Gasteiger partial charge in [0.1, 0.15) is 6.33 Å². The lowest BCUT2D eigenvalue weighted by Crippen LogP contribution is -2.46. The Balaban J connectivity index is 1.46. The lowest BCUT2D eigenvalue weighted by Gasteiger charge is -2.35. The van der Waals surface area contributed by atoms with Crippen LogP contribution in [0.25, 0.3) is 0 Å². The number of rotatable bonds is 6. The van der Waals surface area contributed by atoms with Crippen molar-refractivity contribution in [2.45, 2.75) is 38.3 Å². The molecule has 2 fully saturated rings. The molecule has 1 aliphatic carbocycles. The minimum Gasteiger partial charge on any atom is -0.361 e. The molecule has 0 spiro atoms. The first-order valence-electron chi connectivity index (χ1n) is 9.98. The maximum atomic E-state index is 11.8. The second kappa shape index (κ2) is 8.52. The van der Waals surface area contributed by atoms with Gasteiger partial charge in [0.05, 0.1) is 4.92 Å². The maximum Gasteiger partial charge on any atom is 0.353 e. The molecule has 1 aliphatic heterocycles. The summed E-state index contributed by atoms with van der Waals surface area (Å²) in [5.74, 6) is 0.786. The highest BCUT2D eigenvalue weighted by Gasteiger charge is 2.30. The maximum absolute atomic E-state index is 11.8. The summed E-state index contributed by atoms with van der Waals surface area (Å²) >= 11 is 0. The Bertz CT molecular complexity index is 802. The van der Waals surface area contributed by atoms with Crippen LogP contribution in [0.15, 0.2) is 36.7 Å². The molecule has 0 atom stereocenters. The van der Waals surface area contributed by atoms with Gasteiger partial charge < -0.3 is 10.2 Å². The number of benzene rings is 1. The summed E-state index contributed by atoms with van der Waals surface area (Å²) in [6.45, 7) is 4.03. The topological polar surface area (TPSA) is 87.4 Å². The summed E-state index contributed by atoms with van der Waals surface area (Å²) in [5.41, 5.74) is 1.29. The van der Waals surface area contributed by atoms with Crippen molar-refractivity contribution in [3.05, 3.63) is 52.3 Å². The van der Waals surface area contributed by atoms with Gasteiger partial charge in [-0.05, 0) is 18.4 Å². The normalized spacial score (nSPS) is 18.4. The summed E-state index contributed by atoms with van der Waals surface area (Å²) in [5, 5.41) is 15.1. The first-order chi connectivity index (χ1) is 13.7. The summed E-state index contributed by atoms with van der Waals surface area (Å²) in [6, 6.07) is 10.6. The van der Waals surface area contributed by atoms with Crippen LogP contribution in [0.2, 0.25) is 0 Å². The Morgan fingerprint density at radius 1 is 1.07 bits per heavy atom. The Labute approximate surface area is 164 Å². The first-order valence-corrected chi connectivity index (χ1v) is 9.98. The Morgan fingerprint density at radius 2 is 1.79 bits per heavy atom. The quantitative estimate of drug-likeness (QED) is 0.607. The molecule has 2 heterocycles. The van der Waals surface area contributed by atoms with Gasteiger partial charge in [0.15, 0.2) is 0 Å². The van der Waals surface area contributed by atoms with Gasteiger partial charge in [0, 0.05) is 38.8 Å². The third-order valence-corrected chi connectivity index (χ3v) is 5.60. The van der Waals surface area contributed by atoms with E-state index in [0.717, 1.165) is 45.3 Å². The molecule has 148 valence electrons. The lowest BCUT2D eigenvalue weighted by molar-refractivity contribution is -0.383. The molecule has 28 heavy (non-hydrogen) atoms. The van der Waals surface area contributed by atoms with Gasteiger partial charge in [0.2, 0.25) is 11.6 Å². The van der Waals surface area contributed by atoms with E-state index >= 15 is 0 Å². The Kier molecular flexibility index (Phi) is 5.66. The van der Waals surface area contributed by atoms with Crippen molar-refractivity contribution < 1.29 is 4.92 Å². The second-order valence-electron chi connectivity index (χ2n) is 7.53. The van der Waals surface area contributed by atoms with Gasteiger partial charge >= 0.3 is 5.69 Å². The molecule has 8 heteroatoms. The van der Waals surface area contributed by atoms with Crippen LogP contribution in [0, 0.1) is 10.1 Å². The summed E-state index contributed by atoms with van der Waals surface area (Å²) in [4.78, 5) is 24.3. The fourth-order valence-electron chi connectivity index (χ4n) is 4.10. The molecular weight excluding hydrogens is 356 g/mol. The van der Waals surface area contributed by atoms with E-state index in [2.05, 4.69) is 44.5 Å². The van der Waals surface area contributed by atoms with Gasteiger partial charge in [-0.1, -0.05) is 43.2 Å². The summed E-state index contributed by atoms with van der Waals surface area (Å²) in [6.07, 6.45) is 5.83. The standard InChI is InChI=1S/C20H26N6O2/c27-26(28)18-19(23-17-8-4-5-9-17)21-15-22-20(18)25-12-10-24(11-13-25)14-16-6-2-1-3-7-16/h1-3,6-7,15,17H,4-5,8-14H2,(H,21,22,23). The van der Waals surface area contributed by atoms with E-state index in [1.165, 1.54) is 11.9 Å². The highest BCUT2D eigenvalue weighted by Crippen LogP contribution is 2.34. The van der Waals surface area contributed by atoms with Crippen LogP contribution in [0.1, 0.15) is 31.2 Å². The first kappa shape index (κ1) is 18.6. The molecule has 0 radical (unpaired) electrons. The number of nitro groups is 1. The molecule has 1 aromatic carbocycles. The monoisotopic (exact) mass is 382 g/mol. The van der Waals surface area contributed by atoms with Crippen LogP contribution >= 0.6 is 0 Å². The van der Waals surface area contributed by atoms with Crippen molar-refractivity contribution in [1.82, 2.24) is 14.9 Å². The van der Waals surface area contributed by atoms with E-state index in [1.807, 2.05) is 11.0 Å². The average Bonchev–Trinajstić information content (AvgIpc) is 3.22. The zero-order valence-corrected chi connectivity index (χ0v) is 16.0. The molecule has 4 rings (SSSR count). The number of nitrogens with zero attached hydrogens (tertiary/aromatic N) is 5. The summed E-state index contributed by atoms with van der Waals surface area (Å²) < 4.78 is 0. The van der Waals surface area contributed by atoms with Crippen molar-refractivity contribution in [2.75, 3.05) is 36.4 Å². The minimum atomic E-state index is -0.344. The highest BCUT2D eigenvalue weighted by molar-refractivity contribution is 5.70. The number of aromatic nitrogens is 2. The fraction of sp³-hybridized carbons (Fsp3) is 0.500. The van der Waals surface area contributed by atoms with Gasteiger partial charge in [-0.2, -0.15) is 0 Å². The third kappa shape index (κ3) is 4.22. The van der Waals surface area contributed by atoms with Crippen LogP contribution in [0.4, 0.5) is 17.3 Å². The van der Waals surface area contributed by atoms with E-state index in [-0.39, 0.29) is 16.7 Å². The zero-order valence-electron chi connectivity index (χ0n) is 16.0. The van der Waals surface area contributed by atoms with E-state index in [4.69, 9.17) is 0 Å². The number of anilines is 2. The molecular formula is C20H26N6O2. The summed E-state index contributed by atoms with van der Waals surface area (Å²) in [7, 11) is 0. The minimum absolute atomic E-state index is 0.00547. The predicted octanol–water partition coefficient (Wildman–Crippen LogP) is 3.06. The Morgan fingerprint density at radius 3 is 2.46 bits per heavy atom. The van der Waals surface area contributed by atoms with E-state index in [1.54, 1.807) is 0 Å². The van der Waals surface area contributed by atoms with Crippen LogP contribution < -0.4 is 10.2 Å². The van der Waals surface area contributed by atoms with Gasteiger partial charge in [-0.15, -0.1) is 0 Å². The molecule has 1 saturated heterocycles. The van der Waals surface area contributed by atoms with Crippen molar-refractivity contribution in [3.8, 4) is 0 Å². The number of piperazine rings is 1. The molecule has 2 aliphatic rings. The third-order valence-electron chi connectivity index (χ3n) is 5.60. The molecule has 0 amide bonds. The lowest BCUT2D eigenvalue weighted by atomic mass is 10.2. The largest absolute Gasteiger partial charge is 0.361 e. The van der Waals surface area contributed by atoms with Gasteiger partial charge in [-0.25, -0.2) is 9.97 Å². The van der Waals surface area contributed by atoms with Crippen molar-refractivity contribution >= 4 is 17.3 Å². The molecule has 1 N–H and O–H groups in total. The molecule has 0 bridgehead atoms. The SMILES string of the molecule is O=[N+]([O-])c1c(NC2CCCC2)ncnc1N1CCN(Cc2ccccc2)CC1. The van der Waals surface area contributed by atoms with Gasteiger partial charge in [-0.3, -0.25) is 15.0 Å². The average molecular weight is 382 g/mol. The molecule has 8 nitrogen and oxygen atoms in total. The Hall–Kier alpha value is -2.74. The number of nitrogens with one attached hydrogen (secondary N) is 1. The van der Waals surface area contributed by atoms with Crippen molar-refractivity contribution in [3.63, 3.8) is 0 Å². The highest BCUT2D eigenvalue weighted by atomic mass is 16.6. The number of hydrogen-bond acceptors (Lipinski definition) is 7. The molecule has 1 aromatic heterocycles. The predicted molar refractivity (Wildman–Crippen MR) is 108 cm³/mol. The van der Waals surface area contributed by atoms with Crippen LogP contribution in [-0.4, -0.2) is 52.0 Å². The number of hydrogen-bond donors (Lipinski definition) is 1. The van der Waals surface area contributed by atoms with E-state index < -0.39 is 0 Å². The van der Waals surface area contributed by atoms with Crippen molar-refractivity contribution in [2.24, 2.45) is 0 Å². The molecule has 1 saturated carbocycles. The van der Waals surface area contributed by atoms with Crippen LogP contribution in [-0.2, 0) is 6.54 Å². The van der Waals surface area contributed by atoms with Crippen LogP contribution in [0.3, 0.4) is 0 Å². The van der Waals surface area contributed by atoms with E-state index in [0.29, 0.717) is 24.7 Å².